The summed E-state index contributed by atoms with van der Waals surface area (Å²) in [6.07, 6.45) is 3.18. The maximum Gasteiger partial charge on any atom is 0.141 e. The number of pyridine rings is 1. The van der Waals surface area contributed by atoms with Crippen LogP contribution in [0.15, 0.2) is 18.2 Å². The molecular weight excluding hydrogens is 232 g/mol. The van der Waals surface area contributed by atoms with Gasteiger partial charge in [-0.15, -0.1) is 0 Å². The van der Waals surface area contributed by atoms with Crippen LogP contribution in [0.3, 0.4) is 0 Å². The van der Waals surface area contributed by atoms with E-state index in [0.717, 1.165) is 18.0 Å². The maximum atomic E-state index is 7.40. The van der Waals surface area contributed by atoms with Gasteiger partial charge in [0.25, 0.3) is 0 Å². The molecule has 0 fully saturated rings. The Morgan fingerprint density at radius 3 is 2.82 bits per heavy atom. The van der Waals surface area contributed by atoms with Crippen molar-refractivity contribution in [1.29, 1.82) is 5.41 Å². The Morgan fingerprint density at radius 2 is 2.29 bits per heavy atom. The molecule has 0 aromatic carbocycles. The molecule has 0 radical (unpaired) electrons. The van der Waals surface area contributed by atoms with Gasteiger partial charge in [0, 0.05) is 18.8 Å². The van der Waals surface area contributed by atoms with E-state index >= 15 is 0 Å². The zero-order chi connectivity index (χ0) is 12.8. The molecule has 1 aromatic rings. The first-order valence-electron chi connectivity index (χ1n) is 5.63. The van der Waals surface area contributed by atoms with Crippen molar-refractivity contribution in [3.63, 3.8) is 0 Å². The lowest BCUT2D eigenvalue weighted by Crippen LogP contribution is -2.34. The second kappa shape index (κ2) is 6.49. The van der Waals surface area contributed by atoms with Crippen molar-refractivity contribution in [2.24, 2.45) is 5.73 Å². The minimum Gasteiger partial charge on any atom is -0.382 e. The SMILES string of the molecule is CCC(CSC)N(C)c1cccc(C(=N)N)n1. The van der Waals surface area contributed by atoms with Crippen molar-refractivity contribution in [2.75, 3.05) is 24.0 Å². The van der Waals surface area contributed by atoms with Crippen LogP contribution in [0.4, 0.5) is 5.82 Å². The van der Waals surface area contributed by atoms with Gasteiger partial charge in [-0.2, -0.15) is 11.8 Å². The predicted molar refractivity (Wildman–Crippen MR) is 76.1 cm³/mol. The molecule has 4 nitrogen and oxygen atoms in total. The fourth-order valence-electron chi connectivity index (χ4n) is 1.65. The molecule has 1 aromatic heterocycles. The molecule has 3 N–H and O–H groups in total. The molecule has 0 spiro atoms. The van der Waals surface area contributed by atoms with Crippen molar-refractivity contribution in [3.8, 4) is 0 Å². The molecule has 0 aliphatic rings. The van der Waals surface area contributed by atoms with E-state index in [2.05, 4.69) is 23.1 Å². The van der Waals surface area contributed by atoms with Gasteiger partial charge in [0.1, 0.15) is 17.3 Å². The third-order valence-electron chi connectivity index (χ3n) is 2.75. The molecule has 0 saturated carbocycles. The van der Waals surface area contributed by atoms with Crippen LogP contribution in [0, 0.1) is 5.41 Å². The summed E-state index contributed by atoms with van der Waals surface area (Å²) < 4.78 is 0. The van der Waals surface area contributed by atoms with Crippen LogP contribution < -0.4 is 10.6 Å². The summed E-state index contributed by atoms with van der Waals surface area (Å²) in [6, 6.07) is 6.06. The number of nitrogens with one attached hydrogen (secondary N) is 1. The number of hydrogen-bond donors (Lipinski definition) is 2. The number of aromatic nitrogens is 1. The van der Waals surface area contributed by atoms with Crippen LogP contribution in [-0.2, 0) is 0 Å². The lowest BCUT2D eigenvalue weighted by atomic mass is 10.2. The lowest BCUT2D eigenvalue weighted by molar-refractivity contribution is 0.666. The van der Waals surface area contributed by atoms with Crippen LogP contribution in [-0.4, -0.2) is 35.9 Å². The highest BCUT2D eigenvalue weighted by Crippen LogP contribution is 2.16. The van der Waals surface area contributed by atoms with Gasteiger partial charge in [0.05, 0.1) is 0 Å². The lowest BCUT2D eigenvalue weighted by Gasteiger charge is -2.28. The quantitative estimate of drug-likeness (QED) is 0.600. The maximum absolute atomic E-state index is 7.40. The van der Waals surface area contributed by atoms with Gasteiger partial charge in [0.15, 0.2) is 0 Å². The molecular formula is C12H20N4S. The normalized spacial score (nSPS) is 12.2. The van der Waals surface area contributed by atoms with Gasteiger partial charge in [-0.1, -0.05) is 13.0 Å². The van der Waals surface area contributed by atoms with Crippen molar-refractivity contribution >= 4 is 23.4 Å². The van der Waals surface area contributed by atoms with Crippen LogP contribution in [0.5, 0.6) is 0 Å². The first-order chi connectivity index (χ1) is 8.10. The minimum atomic E-state index is 0.0122. The summed E-state index contributed by atoms with van der Waals surface area (Å²) >= 11 is 1.83. The second-order valence-electron chi connectivity index (χ2n) is 3.92. The van der Waals surface area contributed by atoms with Crippen LogP contribution >= 0.6 is 11.8 Å². The van der Waals surface area contributed by atoms with E-state index in [9.17, 15) is 0 Å². The average molecular weight is 252 g/mol. The number of rotatable bonds is 6. The molecule has 1 rings (SSSR count). The number of hydrogen-bond acceptors (Lipinski definition) is 4. The summed E-state index contributed by atoms with van der Waals surface area (Å²) in [7, 11) is 2.04. The molecule has 1 unspecified atom stereocenters. The van der Waals surface area contributed by atoms with Crippen molar-refractivity contribution < 1.29 is 0 Å². The molecule has 1 heterocycles. The van der Waals surface area contributed by atoms with Crippen molar-refractivity contribution in [2.45, 2.75) is 19.4 Å². The zero-order valence-electron chi connectivity index (χ0n) is 10.6. The Morgan fingerprint density at radius 1 is 1.59 bits per heavy atom. The Labute approximate surface area is 107 Å². The Kier molecular flexibility index (Phi) is 5.28. The molecule has 94 valence electrons. The topological polar surface area (TPSA) is 66.0 Å². The van der Waals surface area contributed by atoms with E-state index in [1.807, 2.05) is 30.9 Å². The van der Waals surface area contributed by atoms with E-state index in [0.29, 0.717) is 11.7 Å². The number of amidine groups is 1. The number of nitrogens with two attached hydrogens (primary N) is 1. The molecule has 0 saturated heterocycles. The van der Waals surface area contributed by atoms with Crippen molar-refractivity contribution in [3.05, 3.63) is 23.9 Å². The summed E-state index contributed by atoms with van der Waals surface area (Å²) in [5.41, 5.74) is 5.98. The summed E-state index contributed by atoms with van der Waals surface area (Å²) in [5.74, 6) is 1.95. The number of nitrogen functional groups attached to an aromatic ring is 1. The van der Waals surface area contributed by atoms with Gasteiger partial charge >= 0.3 is 0 Å². The smallest absolute Gasteiger partial charge is 0.141 e. The van der Waals surface area contributed by atoms with E-state index < -0.39 is 0 Å². The third-order valence-corrected chi connectivity index (χ3v) is 3.47. The van der Waals surface area contributed by atoms with Crippen LogP contribution in [0.25, 0.3) is 0 Å². The summed E-state index contributed by atoms with van der Waals surface area (Å²) in [5, 5.41) is 7.40. The van der Waals surface area contributed by atoms with Gasteiger partial charge in [-0.25, -0.2) is 4.98 Å². The average Bonchev–Trinajstić information content (AvgIpc) is 2.35. The molecule has 5 heteroatoms. The number of thioether (sulfide) groups is 1. The van der Waals surface area contributed by atoms with Gasteiger partial charge in [-0.3, -0.25) is 5.41 Å². The van der Waals surface area contributed by atoms with Gasteiger partial charge in [0.2, 0.25) is 0 Å². The molecule has 17 heavy (non-hydrogen) atoms. The number of nitrogens with zero attached hydrogens (tertiary/aromatic N) is 2. The van der Waals surface area contributed by atoms with Crippen molar-refractivity contribution in [1.82, 2.24) is 4.98 Å². The van der Waals surface area contributed by atoms with Crippen LogP contribution in [0.1, 0.15) is 19.0 Å². The number of anilines is 1. The Hall–Kier alpha value is -1.23. The molecule has 0 aliphatic heterocycles. The largest absolute Gasteiger partial charge is 0.382 e. The molecule has 0 amide bonds. The monoisotopic (exact) mass is 252 g/mol. The fraction of sp³-hybridized carbons (Fsp3) is 0.500. The minimum absolute atomic E-state index is 0.0122. The van der Waals surface area contributed by atoms with E-state index in [4.69, 9.17) is 11.1 Å². The van der Waals surface area contributed by atoms with Crippen LogP contribution in [0.2, 0.25) is 0 Å². The standard InChI is InChI=1S/C12H20N4S/c1-4-9(8-17-3)16(2)11-7-5-6-10(15-11)12(13)14/h5-7,9H,4,8H2,1-3H3,(H3,13,14). The first-order valence-corrected chi connectivity index (χ1v) is 7.02. The highest BCUT2D eigenvalue weighted by Gasteiger charge is 2.14. The summed E-state index contributed by atoms with van der Waals surface area (Å²) in [4.78, 5) is 6.55. The zero-order valence-corrected chi connectivity index (χ0v) is 11.4. The predicted octanol–water partition coefficient (Wildman–Crippen LogP) is 1.94. The molecule has 0 aliphatic carbocycles. The van der Waals surface area contributed by atoms with E-state index in [1.165, 1.54) is 0 Å². The van der Waals surface area contributed by atoms with E-state index in [1.54, 1.807) is 6.07 Å². The molecule has 1 atom stereocenters. The third kappa shape index (κ3) is 3.63. The van der Waals surface area contributed by atoms with E-state index in [-0.39, 0.29) is 5.84 Å². The highest BCUT2D eigenvalue weighted by molar-refractivity contribution is 7.98. The Bertz CT molecular complexity index is 381. The second-order valence-corrected chi connectivity index (χ2v) is 4.83. The highest BCUT2D eigenvalue weighted by atomic mass is 32.2. The summed E-state index contributed by atoms with van der Waals surface area (Å²) in [6.45, 7) is 2.17. The Balaban J connectivity index is 2.90. The molecule has 0 bridgehead atoms. The van der Waals surface area contributed by atoms with Gasteiger partial charge in [-0.05, 0) is 24.8 Å². The van der Waals surface area contributed by atoms with Gasteiger partial charge < -0.3 is 10.6 Å². The first kappa shape index (κ1) is 13.8. The fourth-order valence-corrected chi connectivity index (χ4v) is 2.50.